The van der Waals surface area contributed by atoms with E-state index in [0.29, 0.717) is 6.54 Å². The van der Waals surface area contributed by atoms with Crippen LogP contribution in [0.15, 0.2) is 12.4 Å². The maximum atomic E-state index is 5.50. The van der Waals surface area contributed by atoms with Gasteiger partial charge in [0.15, 0.2) is 0 Å². The molecule has 4 nitrogen and oxygen atoms in total. The largest absolute Gasteiger partial charge is 0.375 e. The highest BCUT2D eigenvalue weighted by atomic mass is 16.5. The Hall–Kier alpha value is -0.870. The van der Waals surface area contributed by atoms with Crippen LogP contribution in [-0.2, 0) is 11.3 Å². The predicted octanol–water partition coefficient (Wildman–Crippen LogP) is 0.549. The lowest BCUT2D eigenvalue weighted by atomic mass is 10.2. The van der Waals surface area contributed by atoms with E-state index in [1.165, 1.54) is 0 Å². The molecule has 1 aromatic rings. The molecule has 0 aliphatic heterocycles. The van der Waals surface area contributed by atoms with Gasteiger partial charge in [0.05, 0.1) is 12.3 Å². The first-order valence-electron chi connectivity index (χ1n) is 4.07. The number of nitrogens with two attached hydrogens (primary N) is 1. The van der Waals surface area contributed by atoms with Gasteiger partial charge in [0.25, 0.3) is 0 Å². The normalized spacial score (nSPS) is 13.2. The Labute approximate surface area is 72.3 Å². The van der Waals surface area contributed by atoms with Crippen LogP contribution in [0, 0.1) is 0 Å². The predicted molar refractivity (Wildman–Crippen MR) is 46.7 cm³/mol. The fraction of sp³-hybridized carbons (Fsp3) is 0.625. The maximum Gasteiger partial charge on any atom is 0.0973 e. The molecule has 68 valence electrons. The highest BCUT2D eigenvalue weighted by Crippen LogP contribution is 2.13. The summed E-state index contributed by atoms with van der Waals surface area (Å²) in [6.07, 6.45) is 3.73. The van der Waals surface area contributed by atoms with Crippen LogP contribution in [0.3, 0.4) is 0 Å². The molecule has 0 aliphatic carbocycles. The topological polar surface area (TPSA) is 53.1 Å². The van der Waals surface area contributed by atoms with E-state index in [4.69, 9.17) is 10.5 Å². The molecule has 1 unspecified atom stereocenters. The molecule has 0 bridgehead atoms. The Morgan fingerprint density at radius 3 is 2.92 bits per heavy atom. The van der Waals surface area contributed by atoms with Gasteiger partial charge in [0.1, 0.15) is 0 Å². The van der Waals surface area contributed by atoms with E-state index in [9.17, 15) is 0 Å². The summed E-state index contributed by atoms with van der Waals surface area (Å²) in [6, 6.07) is 0. The summed E-state index contributed by atoms with van der Waals surface area (Å²) in [5, 5.41) is 4.13. The van der Waals surface area contributed by atoms with Gasteiger partial charge in [-0.25, -0.2) is 0 Å². The number of hydrogen-bond acceptors (Lipinski definition) is 3. The van der Waals surface area contributed by atoms with Gasteiger partial charge in [-0.05, 0) is 6.92 Å². The van der Waals surface area contributed by atoms with Crippen molar-refractivity contribution < 1.29 is 4.74 Å². The Morgan fingerprint density at radius 2 is 2.50 bits per heavy atom. The molecule has 1 aromatic heterocycles. The van der Waals surface area contributed by atoms with Gasteiger partial charge in [-0.1, -0.05) is 0 Å². The average Bonchev–Trinajstić information content (AvgIpc) is 2.55. The Balaban J connectivity index is 2.72. The van der Waals surface area contributed by atoms with Crippen LogP contribution >= 0.6 is 0 Å². The molecule has 0 radical (unpaired) electrons. The highest BCUT2D eigenvalue weighted by molar-refractivity contribution is 5.08. The second kappa shape index (κ2) is 4.23. The van der Waals surface area contributed by atoms with Crippen LogP contribution < -0.4 is 5.73 Å². The van der Waals surface area contributed by atoms with E-state index in [-0.39, 0.29) is 6.10 Å². The monoisotopic (exact) mass is 169 g/mol. The van der Waals surface area contributed by atoms with E-state index in [1.807, 2.05) is 17.8 Å². The van der Waals surface area contributed by atoms with Crippen LogP contribution in [0.2, 0.25) is 0 Å². The molecule has 0 spiro atoms. The molecule has 0 aromatic carbocycles. The van der Waals surface area contributed by atoms with Crippen LogP contribution in [0.4, 0.5) is 0 Å². The molecule has 12 heavy (non-hydrogen) atoms. The van der Waals surface area contributed by atoms with Gasteiger partial charge >= 0.3 is 0 Å². The lowest BCUT2D eigenvalue weighted by Gasteiger charge is -2.09. The van der Waals surface area contributed by atoms with Crippen molar-refractivity contribution in [2.45, 2.75) is 19.6 Å². The molecule has 1 heterocycles. The maximum absolute atomic E-state index is 5.50. The number of nitrogens with zero attached hydrogens (tertiary/aromatic N) is 2. The van der Waals surface area contributed by atoms with E-state index < -0.39 is 0 Å². The van der Waals surface area contributed by atoms with Gasteiger partial charge in [-0.2, -0.15) is 5.10 Å². The number of rotatable bonds is 4. The molecule has 1 atom stereocenters. The third-order valence-electron chi connectivity index (χ3n) is 1.85. The molecular formula is C8H15N3O. The fourth-order valence-corrected chi connectivity index (χ4v) is 1.09. The summed E-state index contributed by atoms with van der Waals surface area (Å²) in [5.74, 6) is 0. The number of hydrogen-bond donors (Lipinski definition) is 1. The second-order valence-electron chi connectivity index (χ2n) is 2.59. The lowest BCUT2D eigenvalue weighted by Crippen LogP contribution is -2.13. The van der Waals surface area contributed by atoms with Crippen molar-refractivity contribution in [2.75, 3.05) is 13.7 Å². The smallest absolute Gasteiger partial charge is 0.0973 e. The van der Waals surface area contributed by atoms with Crippen molar-refractivity contribution in [2.24, 2.45) is 5.73 Å². The first-order chi connectivity index (χ1) is 5.81. The van der Waals surface area contributed by atoms with Crippen molar-refractivity contribution in [3.63, 3.8) is 0 Å². The molecule has 0 aliphatic rings. The van der Waals surface area contributed by atoms with E-state index in [1.54, 1.807) is 13.3 Å². The molecule has 0 amide bonds. The third kappa shape index (κ3) is 1.84. The molecular weight excluding hydrogens is 154 g/mol. The third-order valence-corrected chi connectivity index (χ3v) is 1.85. The summed E-state index contributed by atoms with van der Waals surface area (Å²) in [4.78, 5) is 0. The van der Waals surface area contributed by atoms with Gasteiger partial charge in [0, 0.05) is 32.0 Å². The van der Waals surface area contributed by atoms with Crippen molar-refractivity contribution in [3.05, 3.63) is 18.0 Å². The number of aryl methyl sites for hydroxylation is 1. The molecule has 0 fully saturated rings. The zero-order valence-corrected chi connectivity index (χ0v) is 7.53. The summed E-state index contributed by atoms with van der Waals surface area (Å²) < 4.78 is 7.02. The number of ether oxygens (including phenoxy) is 1. The molecule has 0 saturated heterocycles. The van der Waals surface area contributed by atoms with Crippen LogP contribution in [0.25, 0.3) is 0 Å². The van der Waals surface area contributed by atoms with Crippen LogP contribution in [0.1, 0.15) is 18.6 Å². The van der Waals surface area contributed by atoms with Gasteiger partial charge in [-0.15, -0.1) is 0 Å². The lowest BCUT2D eigenvalue weighted by molar-refractivity contribution is 0.110. The average molecular weight is 169 g/mol. The summed E-state index contributed by atoms with van der Waals surface area (Å²) in [7, 11) is 1.65. The minimum absolute atomic E-state index is 0.0229. The Kier molecular flexibility index (Phi) is 3.25. The molecule has 1 rings (SSSR count). The zero-order valence-electron chi connectivity index (χ0n) is 7.53. The molecule has 2 N–H and O–H groups in total. The first kappa shape index (κ1) is 9.22. The van der Waals surface area contributed by atoms with Crippen molar-refractivity contribution in [1.82, 2.24) is 9.78 Å². The van der Waals surface area contributed by atoms with Gasteiger partial charge < -0.3 is 10.5 Å². The quantitative estimate of drug-likeness (QED) is 0.716. The van der Waals surface area contributed by atoms with E-state index >= 15 is 0 Å². The second-order valence-corrected chi connectivity index (χ2v) is 2.59. The van der Waals surface area contributed by atoms with E-state index in [0.717, 1.165) is 12.1 Å². The fourth-order valence-electron chi connectivity index (χ4n) is 1.09. The highest BCUT2D eigenvalue weighted by Gasteiger charge is 2.09. The van der Waals surface area contributed by atoms with Gasteiger partial charge in [0.2, 0.25) is 0 Å². The number of methoxy groups -OCH3 is 1. The first-order valence-corrected chi connectivity index (χ1v) is 4.07. The minimum atomic E-state index is -0.0229. The molecule has 4 heteroatoms. The number of aromatic nitrogens is 2. The Morgan fingerprint density at radius 1 is 1.75 bits per heavy atom. The Bertz CT molecular complexity index is 230. The standard InChI is InChI=1S/C8H15N3O/c1-3-11-6-7(5-10-11)8(4-9)12-2/h5-6,8H,3-4,9H2,1-2H3. The van der Waals surface area contributed by atoms with E-state index in [2.05, 4.69) is 5.10 Å². The van der Waals surface area contributed by atoms with Crippen molar-refractivity contribution in [3.8, 4) is 0 Å². The van der Waals surface area contributed by atoms with Crippen molar-refractivity contribution >= 4 is 0 Å². The summed E-state index contributed by atoms with van der Waals surface area (Å²) >= 11 is 0. The minimum Gasteiger partial charge on any atom is -0.375 e. The summed E-state index contributed by atoms with van der Waals surface area (Å²) in [5.41, 5.74) is 6.55. The van der Waals surface area contributed by atoms with Crippen molar-refractivity contribution in [1.29, 1.82) is 0 Å². The van der Waals surface area contributed by atoms with Crippen LogP contribution in [-0.4, -0.2) is 23.4 Å². The molecule has 0 saturated carbocycles. The van der Waals surface area contributed by atoms with Gasteiger partial charge in [-0.3, -0.25) is 4.68 Å². The van der Waals surface area contributed by atoms with Crippen LogP contribution in [0.5, 0.6) is 0 Å². The summed E-state index contributed by atoms with van der Waals surface area (Å²) in [6.45, 7) is 3.41. The SMILES string of the molecule is CCn1cc(C(CN)OC)cn1. The zero-order chi connectivity index (χ0) is 8.97.